The van der Waals surface area contributed by atoms with Crippen molar-refractivity contribution in [1.82, 2.24) is 4.98 Å². The Bertz CT molecular complexity index is 757. The molecule has 0 unspecified atom stereocenters. The minimum Gasteiger partial charge on any atom is -0.384 e. The van der Waals surface area contributed by atoms with Crippen molar-refractivity contribution in [1.29, 1.82) is 5.41 Å². The molecule has 0 saturated carbocycles. The summed E-state index contributed by atoms with van der Waals surface area (Å²) in [6, 6.07) is 9.35. The van der Waals surface area contributed by atoms with E-state index >= 15 is 0 Å². The Morgan fingerprint density at radius 2 is 1.96 bits per heavy atom. The Labute approximate surface area is 143 Å². The summed E-state index contributed by atoms with van der Waals surface area (Å²) in [5, 5.41) is 10.9. The van der Waals surface area contributed by atoms with Gasteiger partial charge in [-0.25, -0.2) is 4.98 Å². The highest BCUT2D eigenvalue weighted by Crippen LogP contribution is 2.28. The molecule has 2 N–H and O–H groups in total. The second-order valence-corrected chi connectivity index (χ2v) is 5.80. The molecular weight excluding hydrogens is 333 g/mol. The van der Waals surface area contributed by atoms with Crippen molar-refractivity contribution in [3.05, 3.63) is 30.3 Å². The number of alkyl halides is 3. The number of ether oxygens (including phenoxy) is 1. The molecule has 2 aromatic rings. The summed E-state index contributed by atoms with van der Waals surface area (Å²) >= 11 is 0. The predicted octanol–water partition coefficient (Wildman–Crippen LogP) is 3.46. The lowest BCUT2D eigenvalue weighted by Crippen LogP contribution is -2.36. The van der Waals surface area contributed by atoms with Crippen LogP contribution in [0.25, 0.3) is 10.9 Å². The smallest absolute Gasteiger partial charge is 0.384 e. The standard InChI is InChI=1S/C17H19F3N4O/c18-17(19,20)15(21)5-6-22-14-11-16(24-7-9-25-10-8-24)23-13-4-2-1-3-12(13)14/h1-4,11,21H,5-10H2,(H,22,23). The fourth-order valence-corrected chi connectivity index (χ4v) is 2.73. The van der Waals surface area contributed by atoms with Gasteiger partial charge in [0.25, 0.3) is 0 Å². The fraction of sp³-hybridized carbons (Fsp3) is 0.412. The molecule has 3 rings (SSSR count). The van der Waals surface area contributed by atoms with E-state index in [4.69, 9.17) is 10.1 Å². The van der Waals surface area contributed by atoms with Crippen molar-refractivity contribution in [2.45, 2.75) is 12.6 Å². The first kappa shape index (κ1) is 17.5. The number of morpholine rings is 1. The van der Waals surface area contributed by atoms with Gasteiger partial charge in [-0.1, -0.05) is 18.2 Å². The van der Waals surface area contributed by atoms with E-state index in [2.05, 4.69) is 15.2 Å². The Kier molecular flexibility index (Phi) is 5.08. The molecular formula is C17H19F3N4O. The van der Waals surface area contributed by atoms with Crippen LogP contribution in [0.5, 0.6) is 0 Å². The van der Waals surface area contributed by atoms with Gasteiger partial charge in [-0.3, -0.25) is 0 Å². The monoisotopic (exact) mass is 352 g/mol. The highest BCUT2D eigenvalue weighted by molar-refractivity contribution is 5.93. The topological polar surface area (TPSA) is 61.2 Å². The van der Waals surface area contributed by atoms with E-state index in [9.17, 15) is 13.2 Å². The Balaban J connectivity index is 1.81. The van der Waals surface area contributed by atoms with Crippen molar-refractivity contribution in [2.24, 2.45) is 0 Å². The highest BCUT2D eigenvalue weighted by atomic mass is 19.4. The molecule has 8 heteroatoms. The van der Waals surface area contributed by atoms with Crippen molar-refractivity contribution in [3.8, 4) is 0 Å². The number of anilines is 2. The lowest BCUT2D eigenvalue weighted by atomic mass is 10.1. The molecule has 25 heavy (non-hydrogen) atoms. The Morgan fingerprint density at radius 3 is 2.68 bits per heavy atom. The van der Waals surface area contributed by atoms with Crippen LogP contribution in [0, 0.1) is 5.41 Å². The van der Waals surface area contributed by atoms with Gasteiger partial charge in [-0.2, -0.15) is 13.2 Å². The third kappa shape index (κ3) is 4.19. The summed E-state index contributed by atoms with van der Waals surface area (Å²) in [4.78, 5) is 6.75. The van der Waals surface area contributed by atoms with Gasteiger partial charge in [0.05, 0.1) is 18.7 Å². The zero-order chi connectivity index (χ0) is 17.9. The number of para-hydroxylation sites is 1. The maximum absolute atomic E-state index is 12.5. The number of benzene rings is 1. The van der Waals surface area contributed by atoms with Crippen LogP contribution in [0.4, 0.5) is 24.7 Å². The van der Waals surface area contributed by atoms with E-state index in [0.717, 1.165) is 35.5 Å². The highest BCUT2D eigenvalue weighted by Gasteiger charge is 2.33. The first-order valence-electron chi connectivity index (χ1n) is 8.06. The average Bonchev–Trinajstić information content (AvgIpc) is 2.61. The number of pyridine rings is 1. The number of hydrogen-bond acceptors (Lipinski definition) is 5. The maximum atomic E-state index is 12.5. The third-order valence-electron chi connectivity index (χ3n) is 4.07. The fourth-order valence-electron chi connectivity index (χ4n) is 2.73. The number of nitrogens with one attached hydrogen (secondary N) is 2. The van der Waals surface area contributed by atoms with Crippen molar-refractivity contribution in [3.63, 3.8) is 0 Å². The van der Waals surface area contributed by atoms with Crippen LogP contribution in [-0.4, -0.2) is 49.7 Å². The van der Waals surface area contributed by atoms with E-state index in [1.54, 1.807) is 0 Å². The van der Waals surface area contributed by atoms with Crippen LogP contribution in [0.15, 0.2) is 30.3 Å². The first-order chi connectivity index (χ1) is 11.9. The molecule has 2 heterocycles. The molecule has 0 atom stereocenters. The summed E-state index contributed by atoms with van der Waals surface area (Å²) < 4.78 is 42.7. The van der Waals surface area contributed by atoms with Crippen LogP contribution in [0.3, 0.4) is 0 Å². The predicted molar refractivity (Wildman–Crippen MR) is 91.7 cm³/mol. The third-order valence-corrected chi connectivity index (χ3v) is 4.07. The van der Waals surface area contributed by atoms with Gasteiger partial charge in [0.15, 0.2) is 0 Å². The lowest BCUT2D eigenvalue weighted by molar-refractivity contribution is -0.0611. The zero-order valence-electron chi connectivity index (χ0n) is 13.6. The van der Waals surface area contributed by atoms with Crippen LogP contribution in [0.2, 0.25) is 0 Å². The number of hydrogen-bond donors (Lipinski definition) is 2. The normalized spacial score (nSPS) is 15.4. The van der Waals surface area contributed by atoms with E-state index in [1.165, 1.54) is 0 Å². The van der Waals surface area contributed by atoms with Crippen LogP contribution >= 0.6 is 0 Å². The summed E-state index contributed by atoms with van der Waals surface area (Å²) in [5.74, 6) is 0.774. The van der Waals surface area contributed by atoms with Crippen LogP contribution in [-0.2, 0) is 4.74 Å². The minimum atomic E-state index is -4.57. The Morgan fingerprint density at radius 1 is 1.24 bits per heavy atom. The van der Waals surface area contributed by atoms with Crippen molar-refractivity contribution >= 4 is 28.1 Å². The summed E-state index contributed by atoms with van der Waals surface area (Å²) in [5.41, 5.74) is 0.272. The van der Waals surface area contributed by atoms with E-state index in [0.29, 0.717) is 13.2 Å². The summed E-state index contributed by atoms with van der Waals surface area (Å²) in [6.07, 6.45) is -4.95. The number of rotatable bonds is 5. The Hall–Kier alpha value is -2.35. The minimum absolute atomic E-state index is 0.0366. The van der Waals surface area contributed by atoms with Crippen LogP contribution in [0.1, 0.15) is 6.42 Å². The van der Waals surface area contributed by atoms with Crippen molar-refractivity contribution in [2.75, 3.05) is 43.1 Å². The number of aromatic nitrogens is 1. The van der Waals surface area contributed by atoms with Crippen molar-refractivity contribution < 1.29 is 17.9 Å². The molecule has 1 aromatic carbocycles. The maximum Gasteiger partial charge on any atom is 0.428 e. The molecule has 1 saturated heterocycles. The molecule has 1 aliphatic heterocycles. The van der Waals surface area contributed by atoms with Gasteiger partial charge in [0, 0.05) is 43.2 Å². The molecule has 5 nitrogen and oxygen atoms in total. The molecule has 0 aliphatic carbocycles. The van der Waals surface area contributed by atoms with E-state index in [-0.39, 0.29) is 13.0 Å². The largest absolute Gasteiger partial charge is 0.428 e. The molecule has 0 amide bonds. The lowest BCUT2D eigenvalue weighted by Gasteiger charge is -2.28. The summed E-state index contributed by atoms with van der Waals surface area (Å²) in [7, 11) is 0. The van der Waals surface area contributed by atoms with Gasteiger partial charge in [-0.15, -0.1) is 0 Å². The molecule has 0 radical (unpaired) electrons. The van der Waals surface area contributed by atoms with E-state index < -0.39 is 11.9 Å². The average molecular weight is 352 g/mol. The molecule has 0 spiro atoms. The van der Waals surface area contributed by atoms with Gasteiger partial charge >= 0.3 is 6.18 Å². The number of nitrogens with zero attached hydrogens (tertiary/aromatic N) is 2. The first-order valence-corrected chi connectivity index (χ1v) is 8.06. The summed E-state index contributed by atoms with van der Waals surface area (Å²) in [6.45, 7) is 2.74. The van der Waals surface area contributed by atoms with Gasteiger partial charge in [0.1, 0.15) is 11.5 Å². The second kappa shape index (κ2) is 7.26. The molecule has 134 valence electrons. The van der Waals surface area contributed by atoms with Gasteiger partial charge in [0.2, 0.25) is 0 Å². The zero-order valence-corrected chi connectivity index (χ0v) is 13.6. The van der Waals surface area contributed by atoms with Gasteiger partial charge < -0.3 is 20.4 Å². The van der Waals surface area contributed by atoms with Gasteiger partial charge in [-0.05, 0) is 6.07 Å². The molecule has 1 aliphatic rings. The SMILES string of the molecule is N=C(CCNc1cc(N2CCOCC2)nc2ccccc12)C(F)(F)F. The number of fused-ring (bicyclic) bond motifs is 1. The second-order valence-electron chi connectivity index (χ2n) is 5.80. The quantitative estimate of drug-likeness (QED) is 0.809. The molecule has 0 bridgehead atoms. The van der Waals surface area contributed by atoms with E-state index in [1.807, 2.05) is 30.3 Å². The molecule has 1 aromatic heterocycles. The number of halogens is 3. The molecule has 1 fully saturated rings. The van der Waals surface area contributed by atoms with Crippen LogP contribution < -0.4 is 10.2 Å².